The van der Waals surface area contributed by atoms with Crippen LogP contribution in [0.3, 0.4) is 0 Å². The Hall–Kier alpha value is -2.79. The number of aromatic nitrogens is 1. The van der Waals surface area contributed by atoms with E-state index in [1.54, 1.807) is 24.4 Å². The first-order valence-corrected chi connectivity index (χ1v) is 9.30. The monoisotopic (exact) mass is 383 g/mol. The van der Waals surface area contributed by atoms with Crippen LogP contribution in [0.1, 0.15) is 35.9 Å². The number of hydrogen-bond donors (Lipinski definition) is 1. The van der Waals surface area contributed by atoms with E-state index in [2.05, 4.69) is 24.1 Å². The second-order valence-corrected chi connectivity index (χ2v) is 6.70. The molecule has 3 aromatic rings. The van der Waals surface area contributed by atoms with Crippen LogP contribution in [0.2, 0.25) is 5.02 Å². The second-order valence-electron chi connectivity index (χ2n) is 6.27. The molecule has 1 N–H and O–H groups in total. The van der Waals surface area contributed by atoms with Gasteiger partial charge in [0.15, 0.2) is 0 Å². The second kappa shape index (κ2) is 7.84. The van der Waals surface area contributed by atoms with Crippen molar-refractivity contribution in [1.82, 2.24) is 4.57 Å². The molecule has 3 rings (SSSR count). The summed E-state index contributed by atoms with van der Waals surface area (Å²) in [6, 6.07) is 12.9. The molecule has 0 fully saturated rings. The Labute approximate surface area is 163 Å². The van der Waals surface area contributed by atoms with Crippen molar-refractivity contribution in [2.45, 2.75) is 20.8 Å². The fourth-order valence-electron chi connectivity index (χ4n) is 3.19. The minimum Gasteiger partial charge on any atom is -0.372 e. The van der Waals surface area contributed by atoms with Crippen LogP contribution in [0.25, 0.3) is 10.9 Å². The first-order valence-electron chi connectivity index (χ1n) is 8.92. The van der Waals surface area contributed by atoms with Gasteiger partial charge in [-0.2, -0.15) is 0 Å². The highest BCUT2D eigenvalue weighted by atomic mass is 35.5. The Bertz CT molecular complexity index is 989. The molecule has 0 aliphatic heterocycles. The molecule has 0 saturated carbocycles. The average Bonchev–Trinajstić information content (AvgIpc) is 3.03. The van der Waals surface area contributed by atoms with Crippen molar-refractivity contribution in [3.05, 3.63) is 59.2 Å². The highest BCUT2D eigenvalue weighted by molar-refractivity contribution is 6.31. The summed E-state index contributed by atoms with van der Waals surface area (Å²) < 4.78 is 1.46. The van der Waals surface area contributed by atoms with Crippen molar-refractivity contribution >= 4 is 45.7 Å². The maximum Gasteiger partial charge on any atom is 0.257 e. The summed E-state index contributed by atoms with van der Waals surface area (Å²) >= 11 is 6.09. The number of anilines is 2. The van der Waals surface area contributed by atoms with Gasteiger partial charge in [-0.3, -0.25) is 14.2 Å². The summed E-state index contributed by atoms with van der Waals surface area (Å²) in [5.74, 6) is -0.442. The Morgan fingerprint density at radius 3 is 2.33 bits per heavy atom. The fraction of sp³-hybridized carbons (Fsp3) is 0.238. The summed E-state index contributed by atoms with van der Waals surface area (Å²) in [5.41, 5.74) is 2.88. The van der Waals surface area contributed by atoms with Crippen LogP contribution in [0, 0.1) is 0 Å². The molecule has 0 radical (unpaired) electrons. The molecule has 2 aromatic carbocycles. The quantitative estimate of drug-likeness (QED) is 0.670. The number of nitrogens with one attached hydrogen (secondary N) is 1. The topological polar surface area (TPSA) is 54.3 Å². The van der Waals surface area contributed by atoms with Gasteiger partial charge in [0.1, 0.15) is 0 Å². The lowest BCUT2D eigenvalue weighted by molar-refractivity contribution is 0.0941. The van der Waals surface area contributed by atoms with E-state index in [1.807, 2.05) is 24.3 Å². The Kier molecular flexibility index (Phi) is 5.51. The number of fused-ring (bicyclic) bond motifs is 1. The summed E-state index contributed by atoms with van der Waals surface area (Å²) in [7, 11) is 0. The van der Waals surface area contributed by atoms with Crippen molar-refractivity contribution in [1.29, 1.82) is 0 Å². The molecule has 0 aliphatic carbocycles. The number of amides is 1. The third-order valence-electron chi connectivity index (χ3n) is 4.60. The van der Waals surface area contributed by atoms with Crippen molar-refractivity contribution in [3.63, 3.8) is 0 Å². The van der Waals surface area contributed by atoms with Crippen molar-refractivity contribution in [2.75, 3.05) is 23.3 Å². The van der Waals surface area contributed by atoms with E-state index in [0.29, 0.717) is 27.2 Å². The van der Waals surface area contributed by atoms with Crippen LogP contribution >= 0.6 is 11.6 Å². The number of carbonyl (C=O) groups is 2. The molecule has 0 spiro atoms. The average molecular weight is 384 g/mol. The molecule has 6 heteroatoms. The maximum atomic E-state index is 12.8. The van der Waals surface area contributed by atoms with E-state index in [9.17, 15) is 9.59 Å². The van der Waals surface area contributed by atoms with Gasteiger partial charge >= 0.3 is 0 Å². The zero-order chi connectivity index (χ0) is 19.6. The molecular weight excluding hydrogens is 362 g/mol. The Balaban J connectivity index is 1.90. The zero-order valence-electron chi connectivity index (χ0n) is 15.6. The van der Waals surface area contributed by atoms with Gasteiger partial charge in [0.05, 0.1) is 11.1 Å². The SMILES string of the molecule is CCN(CC)c1ccc(NC(=O)c2cn(C(C)=O)c3ccc(Cl)cc23)cc1. The molecule has 0 aliphatic rings. The molecule has 0 unspecified atom stereocenters. The molecule has 27 heavy (non-hydrogen) atoms. The largest absolute Gasteiger partial charge is 0.372 e. The van der Waals surface area contributed by atoms with Gasteiger partial charge in [0.2, 0.25) is 5.91 Å². The summed E-state index contributed by atoms with van der Waals surface area (Å²) in [4.78, 5) is 26.9. The van der Waals surface area contributed by atoms with Crippen LogP contribution in [-0.2, 0) is 0 Å². The minimum atomic E-state index is -0.280. The third-order valence-corrected chi connectivity index (χ3v) is 4.84. The first kappa shape index (κ1) is 19.0. The molecule has 1 heterocycles. The van der Waals surface area contributed by atoms with Crippen LogP contribution in [0.5, 0.6) is 0 Å². The van der Waals surface area contributed by atoms with Crippen LogP contribution in [0.4, 0.5) is 11.4 Å². The van der Waals surface area contributed by atoms with E-state index < -0.39 is 0 Å². The third kappa shape index (κ3) is 3.83. The molecule has 140 valence electrons. The molecule has 1 aromatic heterocycles. The van der Waals surface area contributed by atoms with Crippen LogP contribution in [-0.4, -0.2) is 29.5 Å². The lowest BCUT2D eigenvalue weighted by atomic mass is 10.1. The molecule has 1 amide bonds. The number of rotatable bonds is 5. The Morgan fingerprint density at radius 2 is 1.74 bits per heavy atom. The van der Waals surface area contributed by atoms with E-state index in [1.165, 1.54) is 11.5 Å². The predicted octanol–water partition coefficient (Wildman–Crippen LogP) is 5.05. The highest BCUT2D eigenvalue weighted by Crippen LogP contribution is 2.26. The molecule has 0 bridgehead atoms. The van der Waals surface area contributed by atoms with Crippen LogP contribution in [0.15, 0.2) is 48.7 Å². The Morgan fingerprint density at radius 1 is 1.07 bits per heavy atom. The van der Waals surface area contributed by atoms with E-state index in [4.69, 9.17) is 11.6 Å². The smallest absolute Gasteiger partial charge is 0.257 e. The number of benzene rings is 2. The lowest BCUT2D eigenvalue weighted by Crippen LogP contribution is -2.21. The van der Waals surface area contributed by atoms with Gasteiger partial charge in [-0.25, -0.2) is 0 Å². The van der Waals surface area contributed by atoms with Gasteiger partial charge in [0, 0.05) is 48.0 Å². The number of nitrogens with zero attached hydrogens (tertiary/aromatic N) is 2. The van der Waals surface area contributed by atoms with Crippen molar-refractivity contribution in [3.8, 4) is 0 Å². The van der Waals surface area contributed by atoms with Crippen molar-refractivity contribution < 1.29 is 9.59 Å². The van der Waals surface area contributed by atoms with E-state index >= 15 is 0 Å². The van der Waals surface area contributed by atoms with Gasteiger partial charge in [0.25, 0.3) is 5.91 Å². The van der Waals surface area contributed by atoms with E-state index in [-0.39, 0.29) is 11.8 Å². The summed E-state index contributed by atoms with van der Waals surface area (Å²) in [6.45, 7) is 7.52. The number of hydrogen-bond acceptors (Lipinski definition) is 3. The van der Waals surface area contributed by atoms with Gasteiger partial charge in [-0.1, -0.05) is 11.6 Å². The molecule has 0 atom stereocenters. The maximum absolute atomic E-state index is 12.8. The minimum absolute atomic E-state index is 0.162. The standard InChI is InChI=1S/C21H22ClN3O2/c1-4-24(5-2)17-9-7-16(8-10-17)23-21(27)19-13-25(14(3)26)20-11-6-15(22)12-18(19)20/h6-13H,4-5H2,1-3H3,(H,23,27). The fourth-order valence-corrected chi connectivity index (χ4v) is 3.36. The lowest BCUT2D eigenvalue weighted by Gasteiger charge is -2.21. The van der Waals surface area contributed by atoms with E-state index in [0.717, 1.165) is 18.8 Å². The van der Waals surface area contributed by atoms with Gasteiger partial charge < -0.3 is 10.2 Å². The van der Waals surface area contributed by atoms with Crippen molar-refractivity contribution in [2.24, 2.45) is 0 Å². The molecule has 5 nitrogen and oxygen atoms in total. The molecular formula is C21H22ClN3O2. The van der Waals surface area contributed by atoms with Crippen LogP contribution < -0.4 is 10.2 Å². The predicted molar refractivity (Wildman–Crippen MR) is 111 cm³/mol. The summed E-state index contributed by atoms with van der Waals surface area (Å²) in [5, 5.41) is 4.06. The van der Waals surface area contributed by atoms with Gasteiger partial charge in [-0.15, -0.1) is 0 Å². The zero-order valence-corrected chi connectivity index (χ0v) is 16.4. The molecule has 0 saturated heterocycles. The normalized spacial score (nSPS) is 10.8. The van der Waals surface area contributed by atoms with Gasteiger partial charge in [-0.05, 0) is 56.3 Å². The number of halogens is 1. The first-order chi connectivity index (χ1) is 12.9. The summed E-state index contributed by atoms with van der Waals surface area (Å²) in [6.07, 6.45) is 1.56. The highest BCUT2D eigenvalue weighted by Gasteiger charge is 2.17. The number of carbonyl (C=O) groups excluding carboxylic acids is 2.